The van der Waals surface area contributed by atoms with Crippen molar-refractivity contribution < 1.29 is 28.5 Å². The number of nitrogens with zero attached hydrogens (tertiary/aromatic N) is 3. The minimum absolute atomic E-state index is 0.0353. The third kappa shape index (κ3) is 10.5. The van der Waals surface area contributed by atoms with Crippen molar-refractivity contribution in [3.05, 3.63) is 95.3 Å². The summed E-state index contributed by atoms with van der Waals surface area (Å²) >= 11 is 0. The van der Waals surface area contributed by atoms with Crippen LogP contribution in [-0.4, -0.2) is 51.4 Å². The number of halogens is 2. The second kappa shape index (κ2) is 15.6. The highest BCUT2D eigenvalue weighted by Gasteiger charge is 2.31. The Labute approximate surface area is 281 Å². The second-order valence-corrected chi connectivity index (χ2v) is 13.8. The summed E-state index contributed by atoms with van der Waals surface area (Å²) in [4.78, 5) is 23.2. The van der Waals surface area contributed by atoms with E-state index in [1.54, 1.807) is 39.8 Å². The van der Waals surface area contributed by atoms with Crippen LogP contribution in [0, 0.1) is 24.0 Å². The predicted molar refractivity (Wildman–Crippen MR) is 186 cm³/mol. The summed E-state index contributed by atoms with van der Waals surface area (Å²) in [5.41, 5.74) is 4.10. The molecule has 256 valence electrons. The number of aliphatic carboxylic acids is 1. The molecule has 3 heterocycles. The SMILES string of the molecule is CC(C)(C)O.Cc1nc(Nc2ncccc2F)c(-c2ccc(OCCc3ccc(F)cc3)cc2)c(N2CCC(C)(C)CC2)c1CC(=O)O. The van der Waals surface area contributed by atoms with Crippen LogP contribution in [0.15, 0.2) is 66.9 Å². The van der Waals surface area contributed by atoms with Crippen molar-refractivity contribution in [2.24, 2.45) is 5.41 Å². The van der Waals surface area contributed by atoms with E-state index in [1.807, 2.05) is 24.3 Å². The van der Waals surface area contributed by atoms with Crippen molar-refractivity contribution in [2.75, 3.05) is 29.9 Å². The van der Waals surface area contributed by atoms with Crippen molar-refractivity contribution in [3.8, 4) is 16.9 Å². The van der Waals surface area contributed by atoms with E-state index in [0.29, 0.717) is 41.4 Å². The van der Waals surface area contributed by atoms with Crippen molar-refractivity contribution in [1.29, 1.82) is 0 Å². The van der Waals surface area contributed by atoms with Crippen LogP contribution in [0.2, 0.25) is 0 Å². The molecule has 1 aliphatic heterocycles. The Bertz CT molecular complexity index is 1670. The number of ether oxygens (including phenoxy) is 1. The molecule has 4 aromatic rings. The van der Waals surface area contributed by atoms with E-state index in [2.05, 4.69) is 29.0 Å². The Morgan fingerprint density at radius 3 is 2.21 bits per heavy atom. The summed E-state index contributed by atoms with van der Waals surface area (Å²) in [5, 5.41) is 21.5. The van der Waals surface area contributed by atoms with Crippen molar-refractivity contribution in [2.45, 2.75) is 72.8 Å². The number of anilines is 3. The Hall–Kier alpha value is -4.57. The van der Waals surface area contributed by atoms with Gasteiger partial charge in [-0.15, -0.1) is 0 Å². The number of nitrogens with one attached hydrogen (secondary N) is 1. The molecule has 2 aromatic carbocycles. The summed E-state index contributed by atoms with van der Waals surface area (Å²) in [5.74, 6) is -0.653. The fourth-order valence-electron chi connectivity index (χ4n) is 5.38. The number of carbonyl (C=O) groups is 1. The highest BCUT2D eigenvalue weighted by molar-refractivity contribution is 5.92. The largest absolute Gasteiger partial charge is 0.493 e. The van der Waals surface area contributed by atoms with Crippen molar-refractivity contribution >= 4 is 23.3 Å². The van der Waals surface area contributed by atoms with E-state index in [1.165, 1.54) is 30.5 Å². The van der Waals surface area contributed by atoms with Gasteiger partial charge in [-0.05, 0) is 93.5 Å². The van der Waals surface area contributed by atoms with Crippen LogP contribution in [0.3, 0.4) is 0 Å². The van der Waals surface area contributed by atoms with E-state index in [9.17, 15) is 18.7 Å². The van der Waals surface area contributed by atoms with Crippen LogP contribution in [0.25, 0.3) is 11.1 Å². The van der Waals surface area contributed by atoms with Gasteiger partial charge in [0.15, 0.2) is 11.6 Å². The molecule has 8 nitrogen and oxygen atoms in total. The summed E-state index contributed by atoms with van der Waals surface area (Å²) in [6.07, 6.45) is 3.82. The standard InChI is InChI=1S/C34H36F2N4O3.C4H10O/c1-22-27(21-29(41)42)31(40-18-15-34(2,3)16-19-40)30(33(38-22)39-32-28(36)5-4-17-37-32)24-8-12-26(13-9-24)43-20-14-23-6-10-25(35)11-7-23;1-4(2,3)5/h4-13,17H,14-16,18-21H2,1-3H3,(H,41,42)(H,37,38,39);5H,1-3H3. The summed E-state index contributed by atoms with van der Waals surface area (Å²) in [7, 11) is 0. The molecule has 1 fully saturated rings. The average Bonchev–Trinajstić information content (AvgIpc) is 3.00. The highest BCUT2D eigenvalue weighted by atomic mass is 19.1. The molecule has 0 bridgehead atoms. The molecule has 2 aromatic heterocycles. The van der Waals surface area contributed by atoms with Gasteiger partial charge in [0, 0.05) is 42.5 Å². The van der Waals surface area contributed by atoms with Crippen LogP contribution >= 0.6 is 0 Å². The minimum Gasteiger partial charge on any atom is -0.493 e. The van der Waals surface area contributed by atoms with Gasteiger partial charge in [-0.2, -0.15) is 0 Å². The zero-order valence-electron chi connectivity index (χ0n) is 28.6. The molecule has 0 saturated carbocycles. The first-order valence-corrected chi connectivity index (χ1v) is 16.2. The minimum atomic E-state index is -0.948. The van der Waals surface area contributed by atoms with E-state index in [0.717, 1.165) is 42.7 Å². The smallest absolute Gasteiger partial charge is 0.307 e. The van der Waals surface area contributed by atoms with Crippen molar-refractivity contribution in [3.63, 3.8) is 0 Å². The third-order valence-corrected chi connectivity index (χ3v) is 7.95. The summed E-state index contributed by atoms with van der Waals surface area (Å²) < 4.78 is 33.9. The van der Waals surface area contributed by atoms with Gasteiger partial charge in [-0.25, -0.2) is 18.7 Å². The fraction of sp³-hybridized carbons (Fsp3) is 0.395. The van der Waals surface area contributed by atoms with Gasteiger partial charge in [0.25, 0.3) is 0 Å². The predicted octanol–water partition coefficient (Wildman–Crippen LogP) is 8.13. The third-order valence-electron chi connectivity index (χ3n) is 7.95. The van der Waals surface area contributed by atoms with E-state index < -0.39 is 17.4 Å². The Kier molecular flexibility index (Phi) is 11.8. The number of benzene rings is 2. The molecule has 0 amide bonds. The molecule has 48 heavy (non-hydrogen) atoms. The average molecular weight is 661 g/mol. The molecule has 3 N–H and O–H groups in total. The number of carboxylic acid groups (broad SMARTS) is 1. The van der Waals surface area contributed by atoms with Gasteiger partial charge in [-0.3, -0.25) is 4.79 Å². The lowest BCUT2D eigenvalue weighted by Crippen LogP contribution is -2.38. The first kappa shape index (κ1) is 36.3. The topological polar surface area (TPSA) is 108 Å². The van der Waals surface area contributed by atoms with Crippen LogP contribution in [-0.2, 0) is 17.6 Å². The number of carboxylic acids is 1. The Balaban J connectivity index is 0.000000968. The zero-order valence-corrected chi connectivity index (χ0v) is 28.6. The summed E-state index contributed by atoms with van der Waals surface area (Å²) in [6, 6.07) is 16.7. The first-order chi connectivity index (χ1) is 22.6. The van der Waals surface area contributed by atoms with Crippen LogP contribution in [0.5, 0.6) is 5.75 Å². The van der Waals surface area contributed by atoms with Gasteiger partial charge in [0.2, 0.25) is 0 Å². The monoisotopic (exact) mass is 660 g/mol. The number of piperidine rings is 1. The lowest BCUT2D eigenvalue weighted by molar-refractivity contribution is -0.136. The molecule has 0 aliphatic carbocycles. The molecule has 1 saturated heterocycles. The molecule has 10 heteroatoms. The van der Waals surface area contributed by atoms with Gasteiger partial charge in [-0.1, -0.05) is 38.1 Å². The maximum atomic E-state index is 14.7. The summed E-state index contributed by atoms with van der Waals surface area (Å²) in [6.45, 7) is 13.4. The molecular formula is C38H46F2N4O4. The van der Waals surface area contributed by atoms with Gasteiger partial charge >= 0.3 is 5.97 Å². The maximum Gasteiger partial charge on any atom is 0.307 e. The first-order valence-electron chi connectivity index (χ1n) is 16.2. The molecule has 5 rings (SSSR count). The van der Waals surface area contributed by atoms with Gasteiger partial charge < -0.3 is 25.2 Å². The Morgan fingerprint density at radius 1 is 1.00 bits per heavy atom. The molecule has 0 radical (unpaired) electrons. The van der Waals surface area contributed by atoms with Crippen LogP contribution in [0.1, 0.15) is 64.3 Å². The molecule has 0 atom stereocenters. The number of hydrogen-bond acceptors (Lipinski definition) is 7. The van der Waals surface area contributed by atoms with E-state index in [-0.39, 0.29) is 23.5 Å². The van der Waals surface area contributed by atoms with E-state index in [4.69, 9.17) is 14.8 Å². The van der Waals surface area contributed by atoms with Crippen molar-refractivity contribution in [1.82, 2.24) is 9.97 Å². The number of hydrogen-bond donors (Lipinski definition) is 3. The molecule has 0 spiro atoms. The van der Waals surface area contributed by atoms with Gasteiger partial charge in [0.05, 0.1) is 24.3 Å². The number of aromatic nitrogens is 2. The van der Waals surface area contributed by atoms with Crippen LogP contribution in [0.4, 0.5) is 26.1 Å². The van der Waals surface area contributed by atoms with Crippen LogP contribution < -0.4 is 15.0 Å². The maximum absolute atomic E-state index is 14.7. The number of pyridine rings is 2. The number of aliphatic hydroxyl groups is 1. The lowest BCUT2D eigenvalue weighted by atomic mass is 9.82. The zero-order chi connectivity index (χ0) is 35.1. The molecule has 1 aliphatic rings. The fourth-order valence-corrected chi connectivity index (χ4v) is 5.38. The normalized spacial score (nSPS) is 14.1. The molecular weight excluding hydrogens is 614 g/mol. The second-order valence-electron chi connectivity index (χ2n) is 13.8. The van der Waals surface area contributed by atoms with Gasteiger partial charge in [0.1, 0.15) is 17.4 Å². The van der Waals surface area contributed by atoms with E-state index >= 15 is 0 Å². The Morgan fingerprint density at radius 2 is 1.62 bits per heavy atom. The number of aryl methyl sites for hydroxylation is 1. The highest BCUT2D eigenvalue weighted by Crippen LogP contribution is 2.44. The number of rotatable bonds is 10. The quantitative estimate of drug-likeness (QED) is 0.157. The molecule has 0 unspecified atom stereocenters. The lowest BCUT2D eigenvalue weighted by Gasteiger charge is -2.40.